The molecule has 1 aromatic rings. The van der Waals surface area contributed by atoms with Gasteiger partial charge in [0.1, 0.15) is 11.4 Å². The van der Waals surface area contributed by atoms with E-state index in [2.05, 4.69) is 11.9 Å². The summed E-state index contributed by atoms with van der Waals surface area (Å²) >= 11 is 0. The normalized spacial score (nSPS) is 15.1. The van der Waals surface area contributed by atoms with E-state index in [-0.39, 0.29) is 6.42 Å². The molecule has 1 N–H and O–H groups in total. The third kappa shape index (κ3) is 2.67. The molecule has 0 aliphatic rings. The van der Waals surface area contributed by atoms with Crippen LogP contribution in [0.15, 0.2) is 12.4 Å². The molecule has 4 heteroatoms. The largest absolute Gasteiger partial charge is 0.382 e. The third-order valence-electron chi connectivity index (χ3n) is 2.04. The molecule has 1 aromatic heterocycles. The molecule has 1 heterocycles. The topological polar surface area (TPSA) is 55.1 Å². The summed E-state index contributed by atoms with van der Waals surface area (Å²) in [7, 11) is 0. The second-order valence-electron chi connectivity index (χ2n) is 3.69. The summed E-state index contributed by atoms with van der Waals surface area (Å²) in [5.41, 5.74) is -1.31. The Kier molecular flexibility index (Phi) is 3.41. The number of carbonyl (C=O) groups excluding carboxylic acids is 1. The molecular formula is C10H16N2O2. The number of nitrogens with zero attached hydrogens (tertiary/aromatic N) is 2. The number of hydrogen-bond donors (Lipinski definition) is 1. The van der Waals surface area contributed by atoms with E-state index in [0.717, 1.165) is 18.8 Å². The van der Waals surface area contributed by atoms with Crippen molar-refractivity contribution in [1.82, 2.24) is 9.55 Å². The summed E-state index contributed by atoms with van der Waals surface area (Å²) in [4.78, 5) is 14.6. The van der Waals surface area contributed by atoms with Gasteiger partial charge in [0.25, 0.3) is 0 Å². The fourth-order valence-electron chi connectivity index (χ4n) is 1.31. The fourth-order valence-corrected chi connectivity index (χ4v) is 1.31. The van der Waals surface area contributed by atoms with Gasteiger partial charge in [-0.3, -0.25) is 0 Å². The van der Waals surface area contributed by atoms with Gasteiger partial charge < -0.3 is 14.5 Å². The monoisotopic (exact) mass is 196 g/mol. The highest BCUT2D eigenvalue weighted by molar-refractivity contribution is 5.61. The molecule has 0 radical (unpaired) electrons. The Balaban J connectivity index is 2.75. The van der Waals surface area contributed by atoms with Crippen molar-refractivity contribution in [3.05, 3.63) is 18.2 Å². The van der Waals surface area contributed by atoms with Crippen LogP contribution < -0.4 is 0 Å². The Morgan fingerprint density at radius 2 is 2.43 bits per heavy atom. The molecule has 4 nitrogen and oxygen atoms in total. The average molecular weight is 196 g/mol. The molecule has 1 atom stereocenters. The van der Waals surface area contributed by atoms with Crippen molar-refractivity contribution in [1.29, 1.82) is 0 Å². The first-order valence-electron chi connectivity index (χ1n) is 4.78. The minimum Gasteiger partial charge on any atom is -0.382 e. The van der Waals surface area contributed by atoms with E-state index in [9.17, 15) is 9.90 Å². The lowest BCUT2D eigenvalue weighted by molar-refractivity contribution is -0.122. The van der Waals surface area contributed by atoms with Gasteiger partial charge in [-0.2, -0.15) is 0 Å². The molecule has 0 bridgehead atoms. The van der Waals surface area contributed by atoms with Crippen LogP contribution in [0.5, 0.6) is 0 Å². The summed E-state index contributed by atoms with van der Waals surface area (Å²) in [5.74, 6) is 0.754. The maximum Gasteiger partial charge on any atom is 0.151 e. The van der Waals surface area contributed by atoms with E-state index < -0.39 is 5.60 Å². The molecule has 0 aromatic carbocycles. The first-order chi connectivity index (χ1) is 6.59. The zero-order valence-electron chi connectivity index (χ0n) is 8.60. The second kappa shape index (κ2) is 4.37. The molecule has 0 fully saturated rings. The lowest BCUT2D eigenvalue weighted by Crippen LogP contribution is -2.30. The Hall–Kier alpha value is -1.16. The molecule has 0 saturated heterocycles. The Labute approximate surface area is 83.6 Å². The van der Waals surface area contributed by atoms with Gasteiger partial charge in [0.05, 0.1) is 0 Å². The van der Waals surface area contributed by atoms with Crippen LogP contribution in [-0.4, -0.2) is 26.5 Å². The molecule has 0 spiro atoms. The number of carbonyl (C=O) groups is 1. The smallest absolute Gasteiger partial charge is 0.151 e. The van der Waals surface area contributed by atoms with Crippen molar-refractivity contribution in [3.8, 4) is 0 Å². The van der Waals surface area contributed by atoms with E-state index >= 15 is 0 Å². The van der Waals surface area contributed by atoms with Crippen molar-refractivity contribution in [2.24, 2.45) is 0 Å². The molecule has 0 aliphatic heterocycles. The maximum atomic E-state index is 10.5. The van der Waals surface area contributed by atoms with Gasteiger partial charge in [-0.25, -0.2) is 4.98 Å². The summed E-state index contributed by atoms with van der Waals surface area (Å²) in [6, 6.07) is 0. The Morgan fingerprint density at radius 1 is 1.71 bits per heavy atom. The van der Waals surface area contributed by atoms with Crippen molar-refractivity contribution >= 4 is 6.29 Å². The molecule has 0 aliphatic carbocycles. The quantitative estimate of drug-likeness (QED) is 0.708. The van der Waals surface area contributed by atoms with Gasteiger partial charge in [0.2, 0.25) is 0 Å². The number of aryl methyl sites for hydroxylation is 1. The highest BCUT2D eigenvalue weighted by Gasteiger charge is 2.22. The van der Waals surface area contributed by atoms with Gasteiger partial charge in [-0.1, -0.05) is 6.92 Å². The van der Waals surface area contributed by atoms with Crippen LogP contribution in [0.4, 0.5) is 0 Å². The molecule has 0 saturated carbocycles. The van der Waals surface area contributed by atoms with E-state index in [1.165, 1.54) is 6.92 Å². The highest BCUT2D eigenvalue weighted by Crippen LogP contribution is 2.09. The van der Waals surface area contributed by atoms with Crippen molar-refractivity contribution < 1.29 is 9.90 Å². The molecule has 78 valence electrons. The number of imidazole rings is 1. The van der Waals surface area contributed by atoms with Crippen LogP contribution in [0.25, 0.3) is 0 Å². The van der Waals surface area contributed by atoms with E-state index in [0.29, 0.717) is 6.29 Å². The van der Waals surface area contributed by atoms with Gasteiger partial charge in [-0.15, -0.1) is 0 Å². The Bertz CT molecular complexity index is 305. The van der Waals surface area contributed by atoms with Crippen molar-refractivity contribution in [2.45, 2.75) is 38.8 Å². The fraction of sp³-hybridized carbons (Fsp3) is 0.600. The summed E-state index contributed by atoms with van der Waals surface area (Å²) < 4.78 is 1.96. The van der Waals surface area contributed by atoms with Gasteiger partial charge in [0, 0.05) is 25.4 Å². The van der Waals surface area contributed by atoms with Crippen LogP contribution in [0.2, 0.25) is 0 Å². The van der Waals surface area contributed by atoms with Crippen LogP contribution >= 0.6 is 0 Å². The first kappa shape index (κ1) is 10.9. The number of hydrogen-bond acceptors (Lipinski definition) is 3. The van der Waals surface area contributed by atoms with Crippen LogP contribution in [0, 0.1) is 0 Å². The van der Waals surface area contributed by atoms with Crippen molar-refractivity contribution in [3.63, 3.8) is 0 Å². The lowest BCUT2D eigenvalue weighted by Gasteiger charge is -2.15. The Morgan fingerprint density at radius 3 is 3.00 bits per heavy atom. The molecular weight excluding hydrogens is 180 g/mol. The summed E-state index contributed by atoms with van der Waals surface area (Å²) in [6.45, 7) is 4.43. The van der Waals surface area contributed by atoms with Crippen molar-refractivity contribution in [2.75, 3.05) is 0 Å². The first-order valence-corrected chi connectivity index (χ1v) is 4.78. The van der Waals surface area contributed by atoms with Gasteiger partial charge in [0.15, 0.2) is 6.29 Å². The van der Waals surface area contributed by atoms with Crippen LogP contribution in [0.3, 0.4) is 0 Å². The van der Waals surface area contributed by atoms with Crippen LogP contribution in [0.1, 0.15) is 26.1 Å². The standard InChI is InChI=1S/C10H16N2O2/c1-3-5-12-6-4-11-9(12)7-10(2,14)8-13/h4,6,8,14H,3,5,7H2,1-2H3. The molecule has 1 rings (SSSR count). The average Bonchev–Trinajstić information content (AvgIpc) is 2.53. The molecule has 0 amide bonds. The van der Waals surface area contributed by atoms with E-state index in [4.69, 9.17) is 0 Å². The number of aliphatic hydroxyl groups is 1. The minimum atomic E-state index is -1.31. The predicted molar refractivity (Wildman–Crippen MR) is 52.9 cm³/mol. The number of rotatable bonds is 5. The van der Waals surface area contributed by atoms with Crippen LogP contribution in [-0.2, 0) is 17.8 Å². The summed E-state index contributed by atoms with van der Waals surface area (Å²) in [5, 5.41) is 9.57. The van der Waals surface area contributed by atoms with E-state index in [1.807, 2.05) is 10.8 Å². The minimum absolute atomic E-state index is 0.267. The number of aldehydes is 1. The summed E-state index contributed by atoms with van der Waals surface area (Å²) in [6.07, 6.45) is 5.37. The third-order valence-corrected chi connectivity index (χ3v) is 2.04. The van der Waals surface area contributed by atoms with Gasteiger partial charge >= 0.3 is 0 Å². The number of aromatic nitrogens is 2. The molecule has 1 unspecified atom stereocenters. The maximum absolute atomic E-state index is 10.5. The van der Waals surface area contributed by atoms with Gasteiger partial charge in [-0.05, 0) is 13.3 Å². The van der Waals surface area contributed by atoms with E-state index in [1.54, 1.807) is 6.20 Å². The zero-order chi connectivity index (χ0) is 10.6. The predicted octanol–water partition coefficient (Wildman–Crippen LogP) is 0.785. The second-order valence-corrected chi connectivity index (χ2v) is 3.69. The highest BCUT2D eigenvalue weighted by atomic mass is 16.3. The molecule has 14 heavy (non-hydrogen) atoms. The zero-order valence-corrected chi connectivity index (χ0v) is 8.60. The SMILES string of the molecule is CCCn1ccnc1CC(C)(O)C=O. The lowest BCUT2D eigenvalue weighted by atomic mass is 10.0.